The Morgan fingerprint density at radius 3 is 1.95 bits per heavy atom. The highest BCUT2D eigenvalue weighted by atomic mass is 16.6. The second-order valence-electron chi connectivity index (χ2n) is 5.56. The molecule has 1 aliphatic heterocycles. The summed E-state index contributed by atoms with van der Waals surface area (Å²) in [4.78, 5) is 0. The van der Waals surface area contributed by atoms with Crippen LogP contribution in [0.5, 0.6) is 5.75 Å². The minimum absolute atomic E-state index is 0.0843. The van der Waals surface area contributed by atoms with Crippen molar-refractivity contribution >= 4 is 11.4 Å². The molecule has 0 aliphatic carbocycles. The smallest absolute Gasteiger partial charge is 0.232 e. The van der Waals surface area contributed by atoms with Gasteiger partial charge in [-0.05, 0) is 17.7 Å². The summed E-state index contributed by atoms with van der Waals surface area (Å²) in [5.74, 6) is 0.760. The summed E-state index contributed by atoms with van der Waals surface area (Å²) < 4.78 is 5.12. The van der Waals surface area contributed by atoms with Crippen LogP contribution in [0.15, 0.2) is 48.5 Å². The number of rotatable bonds is 3. The molecule has 0 amide bonds. The first-order valence-corrected chi connectivity index (χ1v) is 6.88. The van der Waals surface area contributed by atoms with E-state index in [1.54, 1.807) is 38.3 Å². The average Bonchev–Trinajstić information content (AvgIpc) is 2.71. The Balaban J connectivity index is 1.91. The van der Waals surface area contributed by atoms with Crippen molar-refractivity contribution in [3.63, 3.8) is 0 Å². The number of hydrogen-bond acceptors (Lipinski definition) is 3. The number of hydroxylamine groups is 2. The molecule has 5 nitrogen and oxygen atoms in total. The molecule has 1 aliphatic rings. The van der Waals surface area contributed by atoms with Crippen molar-refractivity contribution in [2.45, 2.75) is 19.0 Å². The van der Waals surface area contributed by atoms with E-state index in [0.29, 0.717) is 17.8 Å². The first-order chi connectivity index (χ1) is 10.1. The predicted molar refractivity (Wildman–Crippen MR) is 79.5 cm³/mol. The standard InChI is InChI=1S/C16H18N2O3/c1-16(11-12-7-9-13(21-2)10-8-12)17(19)14-5-3-4-6-15(14)18(16)20/h3-10,17-18H,11H2,1-2H3. The van der Waals surface area contributed by atoms with Gasteiger partial charge in [-0.25, -0.2) is 0 Å². The van der Waals surface area contributed by atoms with Gasteiger partial charge < -0.3 is 15.2 Å². The molecular formula is C16H18N2O3. The van der Waals surface area contributed by atoms with Gasteiger partial charge >= 0.3 is 0 Å². The van der Waals surface area contributed by atoms with Crippen LogP contribution in [0.3, 0.4) is 0 Å². The third-order valence-electron chi connectivity index (χ3n) is 4.14. The summed E-state index contributed by atoms with van der Waals surface area (Å²) in [6.45, 7) is 1.74. The fourth-order valence-electron chi connectivity index (χ4n) is 2.89. The van der Waals surface area contributed by atoms with Gasteiger partial charge in [-0.3, -0.25) is 10.1 Å². The van der Waals surface area contributed by atoms with E-state index in [-0.39, 0.29) is 10.1 Å². The van der Waals surface area contributed by atoms with E-state index in [1.807, 2.05) is 24.3 Å². The molecule has 21 heavy (non-hydrogen) atoms. The lowest BCUT2D eigenvalue weighted by Crippen LogP contribution is -3.29. The molecule has 2 aromatic carbocycles. The van der Waals surface area contributed by atoms with Gasteiger partial charge in [0.05, 0.1) is 13.5 Å². The second kappa shape index (κ2) is 5.13. The molecule has 0 fully saturated rings. The van der Waals surface area contributed by atoms with E-state index in [9.17, 15) is 10.4 Å². The maximum atomic E-state index is 12.6. The molecule has 2 N–H and O–H groups in total. The highest BCUT2D eigenvalue weighted by Gasteiger charge is 2.48. The molecule has 2 aromatic rings. The highest BCUT2D eigenvalue weighted by molar-refractivity contribution is 5.53. The van der Waals surface area contributed by atoms with Crippen LogP contribution in [0, 0.1) is 10.4 Å². The maximum Gasteiger partial charge on any atom is 0.232 e. The highest BCUT2D eigenvalue weighted by Crippen LogP contribution is 2.23. The Bertz CT molecular complexity index is 613. The molecule has 110 valence electrons. The number of nitrogens with one attached hydrogen (secondary N) is 2. The number of hydrogen-bond donors (Lipinski definition) is 2. The van der Waals surface area contributed by atoms with Gasteiger partial charge in [0.15, 0.2) is 11.4 Å². The monoisotopic (exact) mass is 286 g/mol. The molecule has 1 heterocycles. The van der Waals surface area contributed by atoms with Gasteiger partial charge in [-0.15, -0.1) is 0 Å². The SMILES string of the molecule is COc1ccc(CC2(C)[NH+]([O-])c3ccccc3[NH+]2[O-])cc1. The van der Waals surface area contributed by atoms with Crippen LogP contribution >= 0.6 is 0 Å². The van der Waals surface area contributed by atoms with Gasteiger partial charge in [-0.1, -0.05) is 24.3 Å². The summed E-state index contributed by atoms with van der Waals surface area (Å²) >= 11 is 0. The molecule has 2 atom stereocenters. The van der Waals surface area contributed by atoms with E-state index in [1.165, 1.54) is 0 Å². The summed E-state index contributed by atoms with van der Waals surface area (Å²) in [5, 5.41) is 25.1. The Morgan fingerprint density at radius 2 is 1.48 bits per heavy atom. The Kier molecular flexibility index (Phi) is 3.43. The predicted octanol–water partition coefficient (Wildman–Crippen LogP) is 0.696. The second-order valence-corrected chi connectivity index (χ2v) is 5.56. The summed E-state index contributed by atoms with van der Waals surface area (Å²) in [6, 6.07) is 14.5. The topological polar surface area (TPSA) is 64.2 Å². The minimum atomic E-state index is -1.00. The zero-order chi connectivity index (χ0) is 15.0. The van der Waals surface area contributed by atoms with Crippen molar-refractivity contribution < 1.29 is 14.9 Å². The Morgan fingerprint density at radius 1 is 0.952 bits per heavy atom. The molecule has 0 saturated carbocycles. The van der Waals surface area contributed by atoms with E-state index in [2.05, 4.69) is 0 Å². The van der Waals surface area contributed by atoms with Gasteiger partial charge in [-0.2, -0.15) is 0 Å². The van der Waals surface area contributed by atoms with Crippen molar-refractivity contribution in [3.05, 3.63) is 64.5 Å². The van der Waals surface area contributed by atoms with E-state index >= 15 is 0 Å². The van der Waals surface area contributed by atoms with Crippen LogP contribution in [0.25, 0.3) is 0 Å². The van der Waals surface area contributed by atoms with Crippen LogP contribution in [0.1, 0.15) is 12.5 Å². The number of benzene rings is 2. The maximum absolute atomic E-state index is 12.6. The summed E-state index contributed by atoms with van der Waals surface area (Å²) in [7, 11) is 1.61. The van der Waals surface area contributed by atoms with E-state index in [0.717, 1.165) is 11.3 Å². The number of para-hydroxylation sites is 2. The largest absolute Gasteiger partial charge is 0.624 e. The quantitative estimate of drug-likeness (QED) is 0.816. The number of fused-ring (bicyclic) bond motifs is 1. The fraction of sp³-hybridized carbons (Fsp3) is 0.250. The fourth-order valence-corrected chi connectivity index (χ4v) is 2.89. The van der Waals surface area contributed by atoms with E-state index < -0.39 is 5.66 Å². The van der Waals surface area contributed by atoms with Crippen LogP contribution in [-0.4, -0.2) is 12.8 Å². The van der Waals surface area contributed by atoms with Crippen molar-refractivity contribution in [3.8, 4) is 5.75 Å². The minimum Gasteiger partial charge on any atom is -0.624 e. The zero-order valence-electron chi connectivity index (χ0n) is 12.1. The van der Waals surface area contributed by atoms with Crippen molar-refractivity contribution in [2.75, 3.05) is 7.11 Å². The lowest BCUT2D eigenvalue weighted by Gasteiger charge is -2.38. The molecular weight excluding hydrogens is 268 g/mol. The van der Waals surface area contributed by atoms with Crippen molar-refractivity contribution in [1.29, 1.82) is 0 Å². The molecule has 5 heteroatoms. The van der Waals surface area contributed by atoms with Crippen LogP contribution in [0.4, 0.5) is 11.4 Å². The Hall–Kier alpha value is -1.92. The molecule has 0 spiro atoms. The number of quaternary nitrogens is 2. The number of ether oxygens (including phenoxy) is 1. The van der Waals surface area contributed by atoms with Gasteiger partial charge in [0.2, 0.25) is 5.66 Å². The molecule has 2 unspecified atom stereocenters. The lowest BCUT2D eigenvalue weighted by molar-refractivity contribution is -1.03. The molecule has 0 radical (unpaired) electrons. The summed E-state index contributed by atoms with van der Waals surface area (Å²) in [6.07, 6.45) is 0.406. The van der Waals surface area contributed by atoms with Crippen LogP contribution < -0.4 is 14.9 Å². The third kappa shape index (κ3) is 2.20. The molecule has 0 saturated heterocycles. The third-order valence-corrected chi connectivity index (χ3v) is 4.14. The van der Waals surface area contributed by atoms with Crippen molar-refractivity contribution in [1.82, 2.24) is 0 Å². The van der Waals surface area contributed by atoms with Gasteiger partial charge in [0.1, 0.15) is 5.75 Å². The van der Waals surface area contributed by atoms with Gasteiger partial charge in [0.25, 0.3) is 0 Å². The van der Waals surface area contributed by atoms with Crippen LogP contribution in [0.2, 0.25) is 0 Å². The average molecular weight is 286 g/mol. The zero-order valence-corrected chi connectivity index (χ0v) is 12.1. The molecule has 0 aromatic heterocycles. The molecule has 3 rings (SSSR count). The summed E-state index contributed by atoms with van der Waals surface area (Å²) in [5.41, 5.74) is 1.03. The first kappa shape index (κ1) is 14.0. The van der Waals surface area contributed by atoms with E-state index in [4.69, 9.17) is 4.74 Å². The van der Waals surface area contributed by atoms with Crippen LogP contribution in [-0.2, 0) is 6.42 Å². The van der Waals surface area contributed by atoms with Gasteiger partial charge in [0, 0.05) is 19.1 Å². The lowest BCUT2D eigenvalue weighted by atomic mass is 10.0. The number of methoxy groups -OCH3 is 1. The Labute approximate surface area is 123 Å². The van der Waals surface area contributed by atoms with Crippen molar-refractivity contribution in [2.24, 2.45) is 0 Å². The molecule has 0 bridgehead atoms. The first-order valence-electron chi connectivity index (χ1n) is 6.88. The normalized spacial score (nSPS) is 27.4.